The number of nitrogens with zero attached hydrogens (tertiary/aromatic N) is 4. The van der Waals surface area contributed by atoms with Gasteiger partial charge in [0.1, 0.15) is 0 Å². The lowest BCUT2D eigenvalue weighted by Crippen LogP contribution is -2.32. The lowest BCUT2D eigenvalue weighted by Gasteiger charge is -2.21. The van der Waals surface area contributed by atoms with E-state index in [1.54, 1.807) is 23.1 Å². The van der Waals surface area contributed by atoms with E-state index in [4.69, 9.17) is 0 Å². The Balaban J connectivity index is 2.24. The summed E-state index contributed by atoms with van der Waals surface area (Å²) in [5.41, 5.74) is 1.34. The number of hydrogen-bond donors (Lipinski definition) is 0. The average molecular weight is 246 g/mol. The van der Waals surface area contributed by atoms with E-state index in [2.05, 4.69) is 23.9 Å². The van der Waals surface area contributed by atoms with Crippen LogP contribution in [0.25, 0.3) is 5.65 Å². The first-order valence-electron chi connectivity index (χ1n) is 6.35. The van der Waals surface area contributed by atoms with Gasteiger partial charge in [0.05, 0.1) is 11.8 Å². The van der Waals surface area contributed by atoms with Crippen LogP contribution < -0.4 is 0 Å². The maximum atomic E-state index is 12.3. The summed E-state index contributed by atoms with van der Waals surface area (Å²) in [5.74, 6) is 0.0311. The maximum absolute atomic E-state index is 12.3. The molecule has 0 atom stereocenters. The first-order valence-corrected chi connectivity index (χ1v) is 6.35. The van der Waals surface area contributed by atoms with E-state index in [9.17, 15) is 4.79 Å². The second-order valence-corrected chi connectivity index (χ2v) is 4.27. The van der Waals surface area contributed by atoms with Crippen molar-refractivity contribution in [3.8, 4) is 0 Å². The average Bonchev–Trinajstić information content (AvgIpc) is 2.84. The lowest BCUT2D eigenvalue weighted by molar-refractivity contribution is 0.0754. The zero-order chi connectivity index (χ0) is 13.0. The van der Waals surface area contributed by atoms with Crippen molar-refractivity contribution in [2.75, 3.05) is 13.1 Å². The highest BCUT2D eigenvalue weighted by atomic mass is 16.2. The zero-order valence-electron chi connectivity index (χ0n) is 10.8. The summed E-state index contributed by atoms with van der Waals surface area (Å²) in [4.78, 5) is 18.4. The number of amides is 1. The Morgan fingerprint density at radius 1 is 1.33 bits per heavy atom. The van der Waals surface area contributed by atoms with Gasteiger partial charge in [-0.1, -0.05) is 13.8 Å². The summed E-state index contributed by atoms with van der Waals surface area (Å²) in [6.45, 7) is 5.71. The smallest absolute Gasteiger partial charge is 0.256 e. The third kappa shape index (κ3) is 2.50. The summed E-state index contributed by atoms with van der Waals surface area (Å²) in [6, 6.07) is 1.81. The van der Waals surface area contributed by atoms with Crippen LogP contribution in [0, 0.1) is 0 Å². The molecule has 2 rings (SSSR count). The van der Waals surface area contributed by atoms with Crippen molar-refractivity contribution in [2.45, 2.75) is 26.7 Å². The predicted octanol–water partition coefficient (Wildman–Crippen LogP) is 1.99. The van der Waals surface area contributed by atoms with Gasteiger partial charge in [-0.05, 0) is 12.8 Å². The van der Waals surface area contributed by atoms with E-state index in [1.807, 2.05) is 11.0 Å². The molecule has 18 heavy (non-hydrogen) atoms. The molecule has 0 aromatic carbocycles. The van der Waals surface area contributed by atoms with Crippen molar-refractivity contribution in [1.29, 1.82) is 0 Å². The van der Waals surface area contributed by atoms with E-state index in [0.29, 0.717) is 5.56 Å². The molecule has 0 saturated heterocycles. The monoisotopic (exact) mass is 246 g/mol. The number of aromatic nitrogens is 3. The van der Waals surface area contributed by atoms with Crippen LogP contribution in [0.2, 0.25) is 0 Å². The molecule has 0 radical (unpaired) electrons. The first-order chi connectivity index (χ1) is 8.76. The molecule has 0 spiro atoms. The van der Waals surface area contributed by atoms with Crippen molar-refractivity contribution in [3.63, 3.8) is 0 Å². The van der Waals surface area contributed by atoms with Crippen LogP contribution in [-0.4, -0.2) is 38.5 Å². The van der Waals surface area contributed by atoms with E-state index in [-0.39, 0.29) is 5.91 Å². The van der Waals surface area contributed by atoms with Gasteiger partial charge in [0.15, 0.2) is 5.65 Å². The molecule has 0 unspecified atom stereocenters. The van der Waals surface area contributed by atoms with Crippen molar-refractivity contribution >= 4 is 11.6 Å². The molecule has 2 aromatic heterocycles. The molecule has 1 amide bonds. The molecule has 0 fully saturated rings. The van der Waals surface area contributed by atoms with Gasteiger partial charge in [-0.15, -0.1) is 0 Å². The molecule has 0 saturated carbocycles. The fraction of sp³-hybridized carbons (Fsp3) is 0.462. The molecule has 0 aliphatic heterocycles. The minimum atomic E-state index is 0.0311. The van der Waals surface area contributed by atoms with E-state index in [1.165, 1.54) is 0 Å². The topological polar surface area (TPSA) is 50.5 Å². The minimum Gasteiger partial charge on any atom is -0.339 e. The van der Waals surface area contributed by atoms with Crippen LogP contribution in [0.4, 0.5) is 0 Å². The number of hydrogen-bond acceptors (Lipinski definition) is 3. The van der Waals surface area contributed by atoms with Gasteiger partial charge < -0.3 is 4.90 Å². The van der Waals surface area contributed by atoms with Crippen molar-refractivity contribution in [2.24, 2.45) is 0 Å². The maximum Gasteiger partial charge on any atom is 0.256 e. The quantitative estimate of drug-likeness (QED) is 0.810. The Morgan fingerprint density at radius 2 is 2.06 bits per heavy atom. The van der Waals surface area contributed by atoms with E-state index in [0.717, 1.165) is 31.6 Å². The molecule has 0 bridgehead atoms. The molecular weight excluding hydrogens is 228 g/mol. The normalized spacial score (nSPS) is 10.8. The van der Waals surface area contributed by atoms with Crippen LogP contribution in [0.5, 0.6) is 0 Å². The fourth-order valence-electron chi connectivity index (χ4n) is 1.96. The van der Waals surface area contributed by atoms with E-state index < -0.39 is 0 Å². The van der Waals surface area contributed by atoms with Gasteiger partial charge in [-0.3, -0.25) is 4.79 Å². The highest BCUT2D eigenvalue weighted by molar-refractivity contribution is 5.93. The fourth-order valence-corrected chi connectivity index (χ4v) is 1.96. The third-order valence-corrected chi connectivity index (χ3v) is 2.77. The molecule has 5 heteroatoms. The Morgan fingerprint density at radius 3 is 2.72 bits per heavy atom. The molecule has 2 heterocycles. The Hall–Kier alpha value is -1.91. The Labute approximate surface area is 106 Å². The molecule has 5 nitrogen and oxygen atoms in total. The summed E-state index contributed by atoms with van der Waals surface area (Å²) >= 11 is 0. The van der Waals surface area contributed by atoms with Crippen molar-refractivity contribution in [1.82, 2.24) is 19.5 Å². The Kier molecular flexibility index (Phi) is 3.92. The number of rotatable bonds is 5. The van der Waals surface area contributed by atoms with Crippen LogP contribution >= 0.6 is 0 Å². The molecule has 96 valence electrons. The van der Waals surface area contributed by atoms with Gasteiger partial charge in [0, 0.05) is 31.5 Å². The highest BCUT2D eigenvalue weighted by Gasteiger charge is 2.15. The van der Waals surface area contributed by atoms with Crippen LogP contribution in [0.1, 0.15) is 37.0 Å². The third-order valence-electron chi connectivity index (χ3n) is 2.77. The first kappa shape index (κ1) is 12.5. The molecule has 0 N–H and O–H groups in total. The number of carbonyl (C=O) groups is 1. The molecule has 2 aromatic rings. The summed E-state index contributed by atoms with van der Waals surface area (Å²) < 4.78 is 1.63. The van der Waals surface area contributed by atoms with Gasteiger partial charge in [0.2, 0.25) is 0 Å². The highest BCUT2D eigenvalue weighted by Crippen LogP contribution is 2.07. The SMILES string of the molecule is CCCN(CCC)C(=O)c1cnc2ccnn2c1. The second kappa shape index (κ2) is 5.62. The van der Waals surface area contributed by atoms with Crippen LogP contribution in [-0.2, 0) is 0 Å². The molecule has 0 aliphatic carbocycles. The standard InChI is InChI=1S/C13H18N4O/c1-3-7-16(8-4-2)13(18)11-9-14-12-5-6-15-17(12)10-11/h5-6,9-10H,3-4,7-8H2,1-2H3. The number of fused-ring (bicyclic) bond motifs is 1. The van der Waals surface area contributed by atoms with Crippen LogP contribution in [0.15, 0.2) is 24.7 Å². The molecule has 0 aliphatic rings. The Bertz CT molecular complexity index is 529. The lowest BCUT2D eigenvalue weighted by atomic mass is 10.2. The van der Waals surface area contributed by atoms with Crippen LogP contribution in [0.3, 0.4) is 0 Å². The molecular formula is C13H18N4O. The van der Waals surface area contributed by atoms with Gasteiger partial charge in [-0.25, -0.2) is 9.50 Å². The summed E-state index contributed by atoms with van der Waals surface area (Å²) in [7, 11) is 0. The summed E-state index contributed by atoms with van der Waals surface area (Å²) in [6.07, 6.45) is 6.96. The van der Waals surface area contributed by atoms with Crippen molar-refractivity contribution < 1.29 is 4.79 Å². The zero-order valence-corrected chi connectivity index (χ0v) is 10.8. The summed E-state index contributed by atoms with van der Waals surface area (Å²) in [5, 5.41) is 4.10. The predicted molar refractivity (Wildman–Crippen MR) is 69.5 cm³/mol. The van der Waals surface area contributed by atoms with Gasteiger partial charge >= 0.3 is 0 Å². The second-order valence-electron chi connectivity index (χ2n) is 4.27. The van der Waals surface area contributed by atoms with Gasteiger partial charge in [-0.2, -0.15) is 5.10 Å². The number of carbonyl (C=O) groups excluding carboxylic acids is 1. The largest absolute Gasteiger partial charge is 0.339 e. The van der Waals surface area contributed by atoms with Crippen molar-refractivity contribution in [3.05, 3.63) is 30.2 Å². The van der Waals surface area contributed by atoms with E-state index >= 15 is 0 Å². The van der Waals surface area contributed by atoms with Gasteiger partial charge in [0.25, 0.3) is 5.91 Å². The minimum absolute atomic E-state index is 0.0311.